The summed E-state index contributed by atoms with van der Waals surface area (Å²) in [6, 6.07) is 6.54. The van der Waals surface area contributed by atoms with E-state index in [1.807, 2.05) is 6.07 Å². The van der Waals surface area contributed by atoms with E-state index in [-0.39, 0.29) is 22.9 Å². The third kappa shape index (κ3) is 2.35. The van der Waals surface area contributed by atoms with Crippen LogP contribution in [0.2, 0.25) is 0 Å². The normalized spacial score (nSPS) is 36.1. The van der Waals surface area contributed by atoms with E-state index >= 15 is 0 Å². The molecule has 8 rings (SSSR count). The van der Waals surface area contributed by atoms with Crippen LogP contribution in [0.25, 0.3) is 0 Å². The topological polar surface area (TPSA) is 90.3 Å². The molecule has 2 N–H and O–H groups in total. The van der Waals surface area contributed by atoms with Gasteiger partial charge in [-0.05, 0) is 80.8 Å². The molecular weight excluding hydrogens is 463 g/mol. The molecule has 0 unspecified atom stereocenters. The Balaban J connectivity index is 1.27. The molecule has 3 aliphatic carbocycles. The molecule has 3 fully saturated rings. The van der Waals surface area contributed by atoms with E-state index in [1.54, 1.807) is 6.07 Å². The van der Waals surface area contributed by atoms with Gasteiger partial charge in [0, 0.05) is 18.2 Å². The van der Waals surface area contributed by atoms with Crippen LogP contribution >= 0.6 is 0 Å². The Morgan fingerprint density at radius 3 is 2.67 bits per heavy atom. The minimum atomic E-state index is -1.10. The van der Waals surface area contributed by atoms with Gasteiger partial charge in [0.15, 0.2) is 11.5 Å². The van der Waals surface area contributed by atoms with Crippen LogP contribution in [0.15, 0.2) is 30.3 Å². The predicted molar refractivity (Wildman–Crippen MR) is 125 cm³/mol. The standard InChI is InChI=1S/C28H27FN2O5/c29-16-4-5-17-18(12-16)26(34)31(25(17)33)19-7-8-28(35)21-11-15-3-6-20(32)23-22(15)27(28,24(19)36-23)9-10-30(21)13-14-1-2-14/h3-6,12,14,19,21,24,32,35H,1-2,7-11,13H2/t19-,21+,24-,27-,28+/m0/s1. The summed E-state index contributed by atoms with van der Waals surface area (Å²) in [5.74, 6) is -0.467. The fraction of sp³-hybridized carbons (Fsp3) is 0.500. The Morgan fingerprint density at radius 2 is 1.86 bits per heavy atom. The monoisotopic (exact) mass is 490 g/mol. The maximum atomic E-state index is 13.9. The number of benzene rings is 2. The third-order valence-electron chi connectivity index (χ3n) is 9.94. The number of carbonyl (C=O) groups excluding carboxylic acids is 2. The smallest absolute Gasteiger partial charge is 0.262 e. The highest BCUT2D eigenvalue weighted by atomic mass is 19.1. The molecule has 1 spiro atoms. The van der Waals surface area contributed by atoms with Crippen molar-refractivity contribution in [1.29, 1.82) is 0 Å². The summed E-state index contributed by atoms with van der Waals surface area (Å²) in [5, 5.41) is 23.4. The first kappa shape index (κ1) is 21.1. The lowest BCUT2D eigenvalue weighted by atomic mass is 9.48. The van der Waals surface area contributed by atoms with Crippen LogP contribution in [0.4, 0.5) is 4.39 Å². The summed E-state index contributed by atoms with van der Waals surface area (Å²) in [4.78, 5) is 30.6. The number of nitrogens with zero attached hydrogens (tertiary/aromatic N) is 2. The number of aliphatic hydroxyl groups is 1. The Labute approximate surface area is 207 Å². The van der Waals surface area contributed by atoms with Gasteiger partial charge in [-0.2, -0.15) is 0 Å². The number of rotatable bonds is 3. The van der Waals surface area contributed by atoms with E-state index in [0.29, 0.717) is 37.4 Å². The minimum absolute atomic E-state index is 0.0157. The molecule has 2 aromatic carbocycles. The molecule has 0 radical (unpaired) electrons. The summed E-state index contributed by atoms with van der Waals surface area (Å²) in [7, 11) is 0. The maximum Gasteiger partial charge on any atom is 0.262 e. The Hall–Kier alpha value is -2.97. The lowest BCUT2D eigenvalue weighted by Gasteiger charge is -2.64. The third-order valence-corrected chi connectivity index (χ3v) is 9.94. The van der Waals surface area contributed by atoms with Gasteiger partial charge < -0.3 is 14.9 Å². The lowest BCUT2D eigenvalue weighted by molar-refractivity contribution is -0.196. The number of hydrogen-bond acceptors (Lipinski definition) is 6. The van der Waals surface area contributed by atoms with Gasteiger partial charge in [-0.25, -0.2) is 4.39 Å². The Morgan fingerprint density at radius 1 is 1.06 bits per heavy atom. The second-order valence-corrected chi connectivity index (χ2v) is 11.6. The molecule has 0 aromatic heterocycles. The number of phenolic OH excluding ortho intramolecular Hbond substituents is 1. The van der Waals surface area contributed by atoms with Crippen LogP contribution < -0.4 is 4.74 Å². The van der Waals surface area contributed by atoms with Crippen molar-refractivity contribution in [2.75, 3.05) is 13.1 Å². The number of amides is 2. The molecular formula is C28H27FN2O5. The molecule has 3 heterocycles. The van der Waals surface area contributed by atoms with Gasteiger partial charge in [0.1, 0.15) is 11.9 Å². The average Bonchev–Trinajstić information content (AvgIpc) is 3.55. The number of likely N-dealkylation sites (tertiary alicyclic amines) is 1. The molecule has 5 atom stereocenters. The van der Waals surface area contributed by atoms with Crippen molar-refractivity contribution < 1.29 is 28.9 Å². The van der Waals surface area contributed by atoms with Crippen molar-refractivity contribution in [2.24, 2.45) is 5.92 Å². The van der Waals surface area contributed by atoms with Crippen molar-refractivity contribution in [3.63, 3.8) is 0 Å². The van der Waals surface area contributed by atoms with Crippen LogP contribution in [0.5, 0.6) is 11.5 Å². The first-order valence-corrected chi connectivity index (χ1v) is 13.0. The Kier molecular flexibility index (Phi) is 3.91. The molecule has 36 heavy (non-hydrogen) atoms. The van der Waals surface area contributed by atoms with Gasteiger partial charge in [-0.3, -0.25) is 19.4 Å². The highest BCUT2D eigenvalue weighted by molar-refractivity contribution is 6.21. The van der Waals surface area contributed by atoms with E-state index in [4.69, 9.17) is 4.74 Å². The van der Waals surface area contributed by atoms with Crippen molar-refractivity contribution in [3.05, 3.63) is 58.4 Å². The summed E-state index contributed by atoms with van der Waals surface area (Å²) in [6.07, 6.45) is 3.88. The van der Waals surface area contributed by atoms with Crippen molar-refractivity contribution in [2.45, 2.75) is 67.7 Å². The van der Waals surface area contributed by atoms with E-state index in [2.05, 4.69) is 4.90 Å². The number of fused-ring (bicyclic) bond motifs is 1. The van der Waals surface area contributed by atoms with Gasteiger partial charge in [-0.1, -0.05) is 6.07 Å². The second kappa shape index (κ2) is 6.66. The predicted octanol–water partition coefficient (Wildman–Crippen LogP) is 2.76. The van der Waals surface area contributed by atoms with Crippen LogP contribution in [0, 0.1) is 11.7 Å². The zero-order chi connectivity index (χ0) is 24.6. The summed E-state index contributed by atoms with van der Waals surface area (Å²) < 4.78 is 20.4. The van der Waals surface area contributed by atoms with Gasteiger partial charge in [0.2, 0.25) is 0 Å². The second-order valence-electron chi connectivity index (χ2n) is 11.6. The summed E-state index contributed by atoms with van der Waals surface area (Å²) >= 11 is 0. The fourth-order valence-electron chi connectivity index (χ4n) is 8.25. The molecule has 8 heteroatoms. The number of imide groups is 1. The number of carbonyl (C=O) groups is 2. The van der Waals surface area contributed by atoms with Gasteiger partial charge >= 0.3 is 0 Å². The SMILES string of the molecule is O=C1c2ccc(F)cc2C(=O)N1[C@H]1CC[C@@]2(O)[C@H]3Cc4ccc(O)c5c4[C@@]2(CCN3CC2CC2)[C@H]1O5. The van der Waals surface area contributed by atoms with Crippen molar-refractivity contribution in [1.82, 2.24) is 9.80 Å². The zero-order valence-corrected chi connectivity index (χ0v) is 19.7. The van der Waals surface area contributed by atoms with Crippen molar-refractivity contribution in [3.8, 4) is 11.5 Å². The van der Waals surface area contributed by atoms with E-state index in [1.165, 1.54) is 29.9 Å². The highest BCUT2D eigenvalue weighted by Crippen LogP contribution is 2.66. The van der Waals surface area contributed by atoms with Crippen LogP contribution in [-0.4, -0.2) is 68.7 Å². The Bertz CT molecular complexity index is 1370. The minimum Gasteiger partial charge on any atom is -0.504 e. The fourth-order valence-corrected chi connectivity index (χ4v) is 8.25. The van der Waals surface area contributed by atoms with Crippen LogP contribution in [0.1, 0.15) is 63.9 Å². The molecule has 6 aliphatic rings. The van der Waals surface area contributed by atoms with E-state index < -0.39 is 40.8 Å². The number of hydrogen-bond donors (Lipinski definition) is 2. The molecule has 186 valence electrons. The van der Waals surface area contributed by atoms with E-state index in [9.17, 15) is 24.2 Å². The number of piperidine rings is 1. The van der Waals surface area contributed by atoms with Crippen LogP contribution in [-0.2, 0) is 11.8 Å². The summed E-state index contributed by atoms with van der Waals surface area (Å²) in [5.41, 5.74) is 0.244. The number of halogens is 1. The molecule has 1 saturated heterocycles. The number of phenols is 1. The van der Waals surface area contributed by atoms with Crippen molar-refractivity contribution >= 4 is 11.8 Å². The van der Waals surface area contributed by atoms with E-state index in [0.717, 1.165) is 30.3 Å². The van der Waals surface area contributed by atoms with Gasteiger partial charge in [0.25, 0.3) is 11.8 Å². The quantitative estimate of drug-likeness (QED) is 0.644. The number of aromatic hydroxyl groups is 1. The lowest BCUT2D eigenvalue weighted by Crippen LogP contribution is -2.78. The van der Waals surface area contributed by atoms with Gasteiger partial charge in [0.05, 0.1) is 28.2 Å². The number of ether oxygens (including phenoxy) is 1. The maximum absolute atomic E-state index is 13.9. The molecule has 2 aromatic rings. The molecule has 7 nitrogen and oxygen atoms in total. The zero-order valence-electron chi connectivity index (χ0n) is 19.7. The largest absolute Gasteiger partial charge is 0.504 e. The first-order chi connectivity index (χ1) is 17.3. The molecule has 2 amide bonds. The molecule has 2 saturated carbocycles. The molecule has 3 aliphatic heterocycles. The first-order valence-electron chi connectivity index (χ1n) is 13.0. The highest BCUT2D eigenvalue weighted by Gasteiger charge is 2.74. The van der Waals surface area contributed by atoms with Gasteiger partial charge in [-0.15, -0.1) is 0 Å². The summed E-state index contributed by atoms with van der Waals surface area (Å²) in [6.45, 7) is 1.76. The average molecular weight is 491 g/mol. The molecule has 2 bridgehead atoms. The van der Waals surface area contributed by atoms with Crippen LogP contribution in [0.3, 0.4) is 0 Å².